The zero-order chi connectivity index (χ0) is 18.4. The highest BCUT2D eigenvalue weighted by Crippen LogP contribution is 2.13. The summed E-state index contributed by atoms with van der Waals surface area (Å²) in [6, 6.07) is 6.61. The van der Waals surface area contributed by atoms with Crippen LogP contribution in [0.4, 0.5) is 0 Å². The second-order valence-electron chi connectivity index (χ2n) is 6.46. The minimum Gasteiger partial charge on any atom is -0.451 e. The van der Waals surface area contributed by atoms with Gasteiger partial charge in [0, 0.05) is 11.4 Å². The Hall–Kier alpha value is -2.70. The fraction of sp³-hybridized carbons (Fsp3) is 0.444. The number of ether oxygens (including phenoxy) is 1. The maximum Gasteiger partial charge on any atom is 0.359 e. The third kappa shape index (κ3) is 5.14. The van der Waals surface area contributed by atoms with Crippen molar-refractivity contribution in [1.82, 2.24) is 15.5 Å². The van der Waals surface area contributed by atoms with Gasteiger partial charge < -0.3 is 10.1 Å². The molecule has 0 bridgehead atoms. The van der Waals surface area contributed by atoms with E-state index in [0.717, 1.165) is 12.8 Å². The number of fused-ring (bicyclic) bond motifs is 1. The van der Waals surface area contributed by atoms with Gasteiger partial charge in [-0.3, -0.25) is 9.59 Å². The quantitative estimate of drug-likeness (QED) is 0.748. The molecule has 2 N–H and O–H groups in total. The molecule has 0 fully saturated rings. The molecule has 2 rings (SSSR count). The Bertz CT molecular complexity index is 813. The molecule has 0 saturated carbocycles. The molecule has 0 aliphatic rings. The number of nitrogens with one attached hydrogen (secondary N) is 2. The molecular weight excluding hydrogens is 322 g/mol. The fourth-order valence-corrected chi connectivity index (χ4v) is 2.44. The smallest absolute Gasteiger partial charge is 0.359 e. The number of carbonyl (C=O) groups is 2. The van der Waals surface area contributed by atoms with Crippen molar-refractivity contribution in [1.29, 1.82) is 0 Å². The Balaban J connectivity index is 1.96. The lowest BCUT2D eigenvalue weighted by atomic mass is 10.0. The first-order chi connectivity index (χ1) is 11.9. The monoisotopic (exact) mass is 345 g/mol. The molecule has 0 spiro atoms. The van der Waals surface area contributed by atoms with Crippen LogP contribution < -0.4 is 10.9 Å². The zero-order valence-corrected chi connectivity index (χ0v) is 14.7. The Morgan fingerprint density at radius 1 is 1.16 bits per heavy atom. The van der Waals surface area contributed by atoms with Gasteiger partial charge in [0.25, 0.3) is 11.5 Å². The SMILES string of the molecule is CC(C)CC[C@@H](C)NC(=O)COC(=O)c1n[nH]c(=O)c2ccccc12. The van der Waals surface area contributed by atoms with Crippen molar-refractivity contribution in [3.05, 3.63) is 40.3 Å². The molecule has 134 valence electrons. The van der Waals surface area contributed by atoms with Gasteiger partial charge in [0.1, 0.15) is 0 Å². The molecule has 25 heavy (non-hydrogen) atoms. The van der Waals surface area contributed by atoms with Crippen LogP contribution in [0.2, 0.25) is 0 Å². The van der Waals surface area contributed by atoms with Crippen LogP contribution in [0.5, 0.6) is 0 Å². The topological polar surface area (TPSA) is 101 Å². The van der Waals surface area contributed by atoms with Crippen molar-refractivity contribution in [2.24, 2.45) is 5.92 Å². The first-order valence-electron chi connectivity index (χ1n) is 8.32. The lowest BCUT2D eigenvalue weighted by Gasteiger charge is -2.15. The number of nitrogens with zero attached hydrogens (tertiary/aromatic N) is 1. The average Bonchev–Trinajstić information content (AvgIpc) is 2.58. The number of H-pyrrole nitrogens is 1. The second-order valence-corrected chi connectivity index (χ2v) is 6.46. The van der Waals surface area contributed by atoms with E-state index in [9.17, 15) is 14.4 Å². The Labute approximate surface area is 145 Å². The molecule has 0 radical (unpaired) electrons. The summed E-state index contributed by atoms with van der Waals surface area (Å²) in [6.07, 6.45) is 1.87. The van der Waals surface area contributed by atoms with Crippen molar-refractivity contribution in [2.45, 2.75) is 39.7 Å². The molecule has 7 heteroatoms. The van der Waals surface area contributed by atoms with Crippen LogP contribution in [0.15, 0.2) is 29.1 Å². The van der Waals surface area contributed by atoms with Crippen molar-refractivity contribution < 1.29 is 14.3 Å². The van der Waals surface area contributed by atoms with Gasteiger partial charge in [-0.1, -0.05) is 32.0 Å². The third-order valence-corrected chi connectivity index (χ3v) is 3.81. The van der Waals surface area contributed by atoms with Crippen LogP contribution in [0.25, 0.3) is 10.8 Å². The Morgan fingerprint density at radius 2 is 1.84 bits per heavy atom. The Kier molecular flexibility index (Phi) is 6.27. The lowest BCUT2D eigenvalue weighted by Crippen LogP contribution is -2.36. The number of esters is 1. The van der Waals surface area contributed by atoms with Crippen LogP contribution >= 0.6 is 0 Å². The van der Waals surface area contributed by atoms with Crippen LogP contribution in [0.3, 0.4) is 0 Å². The number of aromatic amines is 1. The van der Waals surface area contributed by atoms with Gasteiger partial charge in [0.2, 0.25) is 0 Å². The van der Waals surface area contributed by atoms with Gasteiger partial charge in [-0.05, 0) is 31.7 Å². The molecular formula is C18H23N3O4. The van der Waals surface area contributed by atoms with Crippen molar-refractivity contribution in [3.8, 4) is 0 Å². The van der Waals surface area contributed by atoms with Crippen LogP contribution in [-0.2, 0) is 9.53 Å². The third-order valence-electron chi connectivity index (χ3n) is 3.81. The summed E-state index contributed by atoms with van der Waals surface area (Å²) in [4.78, 5) is 35.8. The van der Waals surface area contributed by atoms with E-state index in [-0.39, 0.29) is 29.8 Å². The molecule has 0 unspecified atom stereocenters. The highest BCUT2D eigenvalue weighted by Gasteiger charge is 2.17. The predicted molar refractivity (Wildman–Crippen MR) is 94.3 cm³/mol. The molecule has 0 aliphatic carbocycles. The van der Waals surface area contributed by atoms with Crippen LogP contribution in [0, 0.1) is 5.92 Å². The van der Waals surface area contributed by atoms with E-state index in [1.807, 2.05) is 6.92 Å². The van der Waals surface area contributed by atoms with E-state index in [2.05, 4.69) is 29.4 Å². The maximum atomic E-state index is 12.2. The van der Waals surface area contributed by atoms with Gasteiger partial charge in [-0.15, -0.1) is 0 Å². The number of benzene rings is 1. The molecule has 7 nitrogen and oxygen atoms in total. The van der Waals surface area contributed by atoms with E-state index in [1.165, 1.54) is 0 Å². The van der Waals surface area contributed by atoms with Gasteiger partial charge >= 0.3 is 5.97 Å². The zero-order valence-electron chi connectivity index (χ0n) is 14.7. The molecule has 0 aliphatic heterocycles. The van der Waals surface area contributed by atoms with Gasteiger partial charge in [0.05, 0.1) is 5.39 Å². The lowest BCUT2D eigenvalue weighted by molar-refractivity contribution is -0.124. The van der Waals surface area contributed by atoms with E-state index in [4.69, 9.17) is 4.74 Å². The molecule has 0 saturated heterocycles. The second kappa shape index (κ2) is 8.41. The Morgan fingerprint density at radius 3 is 2.52 bits per heavy atom. The number of hydrogen-bond acceptors (Lipinski definition) is 5. The number of rotatable bonds is 7. The highest BCUT2D eigenvalue weighted by atomic mass is 16.5. The summed E-state index contributed by atoms with van der Waals surface area (Å²) >= 11 is 0. The summed E-state index contributed by atoms with van der Waals surface area (Å²) in [7, 11) is 0. The van der Waals surface area contributed by atoms with Crippen LogP contribution in [0.1, 0.15) is 44.1 Å². The molecule has 1 aromatic heterocycles. The first kappa shape index (κ1) is 18.6. The standard InChI is InChI=1S/C18H23N3O4/c1-11(2)8-9-12(3)19-15(22)10-25-18(24)16-13-6-4-5-7-14(13)17(23)21-20-16/h4-7,11-12H,8-10H2,1-3H3,(H,19,22)(H,21,23)/t12-/m1/s1. The maximum absolute atomic E-state index is 12.2. The first-order valence-corrected chi connectivity index (χ1v) is 8.32. The molecule has 1 heterocycles. The summed E-state index contributed by atoms with van der Waals surface area (Å²) in [6.45, 7) is 5.77. The van der Waals surface area contributed by atoms with E-state index in [1.54, 1.807) is 24.3 Å². The number of aromatic nitrogens is 2. The summed E-state index contributed by atoms with van der Waals surface area (Å²) in [5.74, 6) is -0.549. The number of hydrogen-bond donors (Lipinski definition) is 2. The van der Waals surface area contributed by atoms with Crippen LogP contribution in [-0.4, -0.2) is 34.7 Å². The van der Waals surface area contributed by atoms with E-state index < -0.39 is 5.97 Å². The molecule has 2 aromatic rings. The highest BCUT2D eigenvalue weighted by molar-refractivity contribution is 6.02. The van der Waals surface area contributed by atoms with Gasteiger partial charge in [-0.25, -0.2) is 9.89 Å². The number of amides is 1. The largest absolute Gasteiger partial charge is 0.451 e. The average molecular weight is 345 g/mol. The predicted octanol–water partition coefficient (Wildman–Crippen LogP) is 2.02. The number of carbonyl (C=O) groups excluding carboxylic acids is 2. The summed E-state index contributed by atoms with van der Waals surface area (Å²) in [5.41, 5.74) is -0.403. The summed E-state index contributed by atoms with van der Waals surface area (Å²) < 4.78 is 5.03. The summed E-state index contributed by atoms with van der Waals surface area (Å²) in [5, 5.41) is 9.54. The normalized spacial score (nSPS) is 12.2. The van der Waals surface area contributed by atoms with Gasteiger partial charge in [0.15, 0.2) is 12.3 Å². The minimum absolute atomic E-state index is 0.0145. The van der Waals surface area contributed by atoms with Crippen molar-refractivity contribution >= 4 is 22.6 Å². The van der Waals surface area contributed by atoms with E-state index in [0.29, 0.717) is 16.7 Å². The minimum atomic E-state index is -0.752. The van der Waals surface area contributed by atoms with Crippen molar-refractivity contribution in [2.75, 3.05) is 6.61 Å². The fourth-order valence-electron chi connectivity index (χ4n) is 2.44. The molecule has 1 aromatic carbocycles. The molecule has 1 atom stereocenters. The van der Waals surface area contributed by atoms with Gasteiger partial charge in [-0.2, -0.15) is 5.10 Å². The van der Waals surface area contributed by atoms with E-state index >= 15 is 0 Å². The van der Waals surface area contributed by atoms with Crippen molar-refractivity contribution in [3.63, 3.8) is 0 Å². The molecule has 1 amide bonds.